The van der Waals surface area contributed by atoms with Crippen LogP contribution >= 0.6 is 0 Å². The first-order valence-corrected chi connectivity index (χ1v) is 13.6. The molecule has 2 aromatic carbocycles. The van der Waals surface area contributed by atoms with Gasteiger partial charge in [-0.25, -0.2) is 19.0 Å². The summed E-state index contributed by atoms with van der Waals surface area (Å²) >= 11 is 0. The summed E-state index contributed by atoms with van der Waals surface area (Å²) in [5.74, 6) is 0.223. The van der Waals surface area contributed by atoms with Gasteiger partial charge in [0.2, 0.25) is 0 Å². The fraction of sp³-hybridized carbons (Fsp3) is 0.367. The zero-order valence-electron chi connectivity index (χ0n) is 23.7. The molecule has 2 heterocycles. The van der Waals surface area contributed by atoms with E-state index in [1.165, 1.54) is 18.3 Å². The Hall–Kier alpha value is -4.22. The number of ether oxygens (including phenoxy) is 2. The molecule has 0 bridgehead atoms. The average molecular weight is 565 g/mol. The van der Waals surface area contributed by atoms with Crippen LogP contribution < -0.4 is 15.4 Å². The zero-order valence-corrected chi connectivity index (χ0v) is 23.7. The fourth-order valence-electron chi connectivity index (χ4n) is 4.44. The van der Waals surface area contributed by atoms with Crippen molar-refractivity contribution in [2.75, 3.05) is 58.0 Å². The van der Waals surface area contributed by atoms with Gasteiger partial charge >= 0.3 is 12.1 Å². The van der Waals surface area contributed by atoms with Gasteiger partial charge in [0.15, 0.2) is 5.82 Å². The molecule has 1 aromatic heterocycles. The molecule has 10 nitrogen and oxygen atoms in total. The first-order valence-electron chi connectivity index (χ1n) is 13.6. The van der Waals surface area contributed by atoms with Crippen molar-refractivity contribution < 1.29 is 23.5 Å². The van der Waals surface area contributed by atoms with Crippen LogP contribution in [0, 0.1) is 5.82 Å². The van der Waals surface area contributed by atoms with Gasteiger partial charge in [0.1, 0.15) is 23.9 Å². The molecule has 0 unspecified atom stereocenters. The smallest absolute Gasteiger partial charge is 0.412 e. The summed E-state index contributed by atoms with van der Waals surface area (Å²) in [6, 6.07) is 16.3. The van der Waals surface area contributed by atoms with Crippen LogP contribution in [0.1, 0.15) is 18.4 Å². The summed E-state index contributed by atoms with van der Waals surface area (Å²) in [4.78, 5) is 35.5. The van der Waals surface area contributed by atoms with E-state index in [0.29, 0.717) is 11.6 Å². The third-order valence-electron chi connectivity index (χ3n) is 6.88. The van der Waals surface area contributed by atoms with E-state index in [-0.39, 0.29) is 30.1 Å². The number of carbonyl (C=O) groups is 2. The van der Waals surface area contributed by atoms with Crippen molar-refractivity contribution in [2.45, 2.75) is 25.5 Å². The van der Waals surface area contributed by atoms with Crippen molar-refractivity contribution in [3.63, 3.8) is 0 Å². The van der Waals surface area contributed by atoms with Gasteiger partial charge in [-0.1, -0.05) is 30.3 Å². The number of likely N-dealkylation sites (N-methyl/N-ethyl adjacent to an activating group) is 1. The molecule has 0 aliphatic carbocycles. The number of pyridine rings is 1. The maximum absolute atomic E-state index is 14.7. The Bertz CT molecular complexity index is 1300. The zero-order chi connectivity index (χ0) is 29.2. The standard InChI is InChI=1S/C30H37FN6O4/c1-35(2)17-18-37-15-12-23(13-16-37)36(3)29(38)34-28-20-25(11-14-32-28)41-24-9-10-27(26(31)19-24)33-30(39)40-21-22-7-5-4-6-8-22/h4-11,14,19-20,23H,12-13,15-18,21H2,1-3H3,(H,33,39)(H,32,34,38). The van der Waals surface area contributed by atoms with Crippen LogP contribution in [0.5, 0.6) is 11.5 Å². The Morgan fingerprint density at radius 3 is 2.44 bits per heavy atom. The molecule has 1 aliphatic rings. The SMILES string of the molecule is CN(C)CCN1CCC(N(C)C(=O)Nc2cc(Oc3ccc(NC(=O)OCc4ccccc4)c(F)c3)ccn2)CC1. The highest BCUT2D eigenvalue weighted by Gasteiger charge is 2.25. The molecule has 3 amide bonds. The Morgan fingerprint density at radius 2 is 1.73 bits per heavy atom. The number of piperidine rings is 1. The Kier molecular flexibility index (Phi) is 10.5. The van der Waals surface area contributed by atoms with Gasteiger partial charge in [-0.05, 0) is 50.7 Å². The predicted octanol–water partition coefficient (Wildman–Crippen LogP) is 5.25. The highest BCUT2D eigenvalue weighted by Crippen LogP contribution is 2.27. The first kappa shape index (κ1) is 29.8. The first-order chi connectivity index (χ1) is 19.8. The minimum atomic E-state index is -0.768. The number of urea groups is 1. The lowest BCUT2D eigenvalue weighted by atomic mass is 10.0. The van der Waals surface area contributed by atoms with E-state index in [4.69, 9.17) is 9.47 Å². The van der Waals surface area contributed by atoms with Crippen molar-refractivity contribution in [3.8, 4) is 11.5 Å². The summed E-state index contributed by atoms with van der Waals surface area (Å²) in [6.07, 6.45) is 2.56. The van der Waals surface area contributed by atoms with Gasteiger partial charge in [-0.15, -0.1) is 0 Å². The number of aromatic nitrogens is 1. The molecule has 218 valence electrons. The molecule has 2 N–H and O–H groups in total. The largest absolute Gasteiger partial charge is 0.457 e. The number of hydrogen-bond acceptors (Lipinski definition) is 7. The Balaban J connectivity index is 1.26. The van der Waals surface area contributed by atoms with Crippen molar-refractivity contribution in [1.82, 2.24) is 19.7 Å². The number of halogens is 1. The van der Waals surface area contributed by atoms with E-state index in [1.807, 2.05) is 30.3 Å². The second-order valence-electron chi connectivity index (χ2n) is 10.2. The molecule has 0 saturated carbocycles. The van der Waals surface area contributed by atoms with E-state index in [0.717, 1.165) is 50.7 Å². The number of hydrogen-bond donors (Lipinski definition) is 2. The second-order valence-corrected chi connectivity index (χ2v) is 10.2. The third kappa shape index (κ3) is 9.16. The molecule has 0 radical (unpaired) electrons. The van der Waals surface area contributed by atoms with Gasteiger partial charge in [0.05, 0.1) is 5.69 Å². The molecule has 11 heteroatoms. The second kappa shape index (κ2) is 14.4. The summed E-state index contributed by atoms with van der Waals surface area (Å²) in [7, 11) is 5.94. The number of nitrogens with zero attached hydrogens (tertiary/aromatic N) is 4. The summed E-state index contributed by atoms with van der Waals surface area (Å²) in [5.41, 5.74) is 0.785. The molecule has 3 aromatic rings. The van der Waals surface area contributed by atoms with Crippen LogP contribution in [0.25, 0.3) is 0 Å². The molecule has 1 fully saturated rings. The lowest BCUT2D eigenvalue weighted by Crippen LogP contribution is -2.48. The maximum atomic E-state index is 14.7. The number of nitrogens with one attached hydrogen (secondary N) is 2. The molecule has 1 saturated heterocycles. The van der Waals surface area contributed by atoms with E-state index >= 15 is 0 Å². The molecule has 4 rings (SSSR count). The molecule has 0 spiro atoms. The summed E-state index contributed by atoms with van der Waals surface area (Å²) in [5, 5.41) is 5.22. The number of carbonyl (C=O) groups excluding carboxylic acids is 2. The van der Waals surface area contributed by atoms with E-state index < -0.39 is 11.9 Å². The van der Waals surface area contributed by atoms with Crippen LogP contribution in [0.4, 0.5) is 25.5 Å². The minimum Gasteiger partial charge on any atom is -0.457 e. The van der Waals surface area contributed by atoms with Gasteiger partial charge in [0, 0.05) is 57.6 Å². The summed E-state index contributed by atoms with van der Waals surface area (Å²) < 4.78 is 25.6. The van der Waals surface area contributed by atoms with Crippen LogP contribution in [0.3, 0.4) is 0 Å². The van der Waals surface area contributed by atoms with Crippen LogP contribution in [-0.4, -0.2) is 85.2 Å². The molecule has 41 heavy (non-hydrogen) atoms. The molecule has 1 aliphatic heterocycles. The third-order valence-corrected chi connectivity index (χ3v) is 6.88. The van der Waals surface area contributed by atoms with E-state index in [1.54, 1.807) is 24.1 Å². The van der Waals surface area contributed by atoms with Crippen molar-refractivity contribution >= 4 is 23.6 Å². The summed E-state index contributed by atoms with van der Waals surface area (Å²) in [6.45, 7) is 4.02. The molecule has 0 atom stereocenters. The number of anilines is 2. The maximum Gasteiger partial charge on any atom is 0.412 e. The average Bonchev–Trinajstić information content (AvgIpc) is 2.97. The number of amides is 3. The topological polar surface area (TPSA) is 99.3 Å². The van der Waals surface area contributed by atoms with Gasteiger partial charge < -0.3 is 24.2 Å². The monoisotopic (exact) mass is 564 g/mol. The lowest BCUT2D eigenvalue weighted by Gasteiger charge is -2.37. The normalized spacial score (nSPS) is 14.0. The van der Waals surface area contributed by atoms with Crippen LogP contribution in [0.15, 0.2) is 66.9 Å². The molecular weight excluding hydrogens is 527 g/mol. The Labute approximate surface area is 240 Å². The highest BCUT2D eigenvalue weighted by molar-refractivity contribution is 5.88. The molecular formula is C30H37FN6O4. The lowest BCUT2D eigenvalue weighted by molar-refractivity contribution is 0.135. The number of likely N-dealkylation sites (tertiary alicyclic amines) is 1. The van der Waals surface area contributed by atoms with Gasteiger partial charge in [-0.2, -0.15) is 0 Å². The minimum absolute atomic E-state index is 0.0373. The number of benzene rings is 2. The van der Waals surface area contributed by atoms with E-state index in [2.05, 4.69) is 39.5 Å². The Morgan fingerprint density at radius 1 is 1.00 bits per heavy atom. The van der Waals surface area contributed by atoms with Crippen molar-refractivity contribution in [1.29, 1.82) is 0 Å². The van der Waals surface area contributed by atoms with Crippen molar-refractivity contribution in [3.05, 3.63) is 78.2 Å². The van der Waals surface area contributed by atoms with Crippen LogP contribution in [0.2, 0.25) is 0 Å². The fourth-order valence-corrected chi connectivity index (χ4v) is 4.44. The highest BCUT2D eigenvalue weighted by atomic mass is 19.1. The van der Waals surface area contributed by atoms with Gasteiger partial charge in [0.25, 0.3) is 0 Å². The van der Waals surface area contributed by atoms with E-state index in [9.17, 15) is 14.0 Å². The predicted molar refractivity (Wildman–Crippen MR) is 156 cm³/mol. The van der Waals surface area contributed by atoms with Crippen molar-refractivity contribution in [2.24, 2.45) is 0 Å². The van der Waals surface area contributed by atoms with Gasteiger partial charge in [-0.3, -0.25) is 10.6 Å². The quantitative estimate of drug-likeness (QED) is 0.347. The number of rotatable bonds is 10. The van der Waals surface area contributed by atoms with Crippen LogP contribution in [-0.2, 0) is 11.3 Å².